The van der Waals surface area contributed by atoms with Crippen molar-refractivity contribution in [3.63, 3.8) is 0 Å². The van der Waals surface area contributed by atoms with Gasteiger partial charge in [-0.15, -0.1) is 0 Å². The molecule has 21 heavy (non-hydrogen) atoms. The van der Waals surface area contributed by atoms with E-state index < -0.39 is 0 Å². The van der Waals surface area contributed by atoms with Crippen molar-refractivity contribution in [2.75, 3.05) is 25.0 Å². The van der Waals surface area contributed by atoms with Crippen LogP contribution < -0.4 is 5.32 Å². The van der Waals surface area contributed by atoms with Crippen molar-refractivity contribution in [1.29, 1.82) is 0 Å². The van der Waals surface area contributed by atoms with Crippen molar-refractivity contribution >= 4 is 17.5 Å². The van der Waals surface area contributed by atoms with Crippen molar-refractivity contribution in [3.05, 3.63) is 29.8 Å². The van der Waals surface area contributed by atoms with Gasteiger partial charge in [-0.2, -0.15) is 0 Å². The highest BCUT2D eigenvalue weighted by molar-refractivity contribution is 6.03. The van der Waals surface area contributed by atoms with Gasteiger partial charge in [0.15, 0.2) is 0 Å². The summed E-state index contributed by atoms with van der Waals surface area (Å²) in [6.07, 6.45) is 2.03. The van der Waals surface area contributed by atoms with E-state index in [1.54, 1.807) is 4.90 Å². The predicted molar refractivity (Wildman–Crippen MR) is 78.8 cm³/mol. The molecular formula is C16H20N2O3. The van der Waals surface area contributed by atoms with Crippen LogP contribution in [0.15, 0.2) is 24.3 Å². The van der Waals surface area contributed by atoms with Gasteiger partial charge in [-0.1, -0.05) is 18.2 Å². The van der Waals surface area contributed by atoms with E-state index >= 15 is 0 Å². The SMILES string of the molecule is O=C1Nc2ccccc2C1C1CCCN(C(=O)CCO)C1. The Bertz CT molecular complexity index is 558. The van der Waals surface area contributed by atoms with Crippen LogP contribution in [0.1, 0.15) is 30.7 Å². The summed E-state index contributed by atoms with van der Waals surface area (Å²) < 4.78 is 0. The fraction of sp³-hybridized carbons (Fsp3) is 0.500. The van der Waals surface area contributed by atoms with E-state index in [0.29, 0.717) is 6.54 Å². The number of benzene rings is 1. The van der Waals surface area contributed by atoms with Crippen LogP contribution >= 0.6 is 0 Å². The lowest BCUT2D eigenvalue weighted by molar-refractivity contribution is -0.134. The lowest BCUT2D eigenvalue weighted by Crippen LogP contribution is -2.42. The summed E-state index contributed by atoms with van der Waals surface area (Å²) in [4.78, 5) is 26.0. The molecule has 5 nitrogen and oxygen atoms in total. The minimum atomic E-state index is -0.161. The molecule has 2 heterocycles. The van der Waals surface area contributed by atoms with E-state index in [1.807, 2.05) is 24.3 Å². The average Bonchev–Trinajstić information content (AvgIpc) is 2.83. The summed E-state index contributed by atoms with van der Waals surface area (Å²) in [7, 11) is 0. The van der Waals surface area contributed by atoms with Gasteiger partial charge in [-0.25, -0.2) is 0 Å². The number of hydrogen-bond acceptors (Lipinski definition) is 3. The lowest BCUT2D eigenvalue weighted by Gasteiger charge is -2.35. The Morgan fingerprint density at radius 3 is 3.00 bits per heavy atom. The van der Waals surface area contributed by atoms with Gasteiger partial charge in [0.05, 0.1) is 12.5 Å². The number of para-hydroxylation sites is 1. The molecule has 0 bridgehead atoms. The number of fused-ring (bicyclic) bond motifs is 1. The maximum absolute atomic E-state index is 12.3. The highest BCUT2D eigenvalue weighted by Gasteiger charge is 2.39. The van der Waals surface area contributed by atoms with Crippen LogP contribution in [0.4, 0.5) is 5.69 Å². The number of aliphatic hydroxyl groups is 1. The molecule has 0 saturated carbocycles. The second kappa shape index (κ2) is 5.85. The summed E-state index contributed by atoms with van der Waals surface area (Å²) in [6, 6.07) is 7.78. The fourth-order valence-electron chi connectivity index (χ4n) is 3.46. The first-order valence-electron chi connectivity index (χ1n) is 7.49. The Kier molecular flexibility index (Phi) is 3.92. The van der Waals surface area contributed by atoms with E-state index in [0.717, 1.165) is 30.6 Å². The highest BCUT2D eigenvalue weighted by atomic mass is 16.3. The molecule has 1 aromatic carbocycles. The zero-order chi connectivity index (χ0) is 14.8. The molecule has 1 aromatic rings. The fourth-order valence-corrected chi connectivity index (χ4v) is 3.46. The minimum Gasteiger partial charge on any atom is -0.396 e. The number of carbonyl (C=O) groups is 2. The van der Waals surface area contributed by atoms with Gasteiger partial charge in [-0.3, -0.25) is 9.59 Å². The second-order valence-corrected chi connectivity index (χ2v) is 5.77. The zero-order valence-electron chi connectivity index (χ0n) is 11.9. The topological polar surface area (TPSA) is 69.6 Å². The summed E-state index contributed by atoms with van der Waals surface area (Å²) >= 11 is 0. The number of rotatable bonds is 3. The number of nitrogens with one attached hydrogen (secondary N) is 1. The first-order valence-corrected chi connectivity index (χ1v) is 7.49. The third-order valence-electron chi connectivity index (χ3n) is 4.44. The maximum atomic E-state index is 12.3. The molecule has 2 amide bonds. The number of amides is 2. The minimum absolute atomic E-state index is 0.0195. The van der Waals surface area contributed by atoms with Gasteiger partial charge in [0.2, 0.25) is 11.8 Å². The van der Waals surface area contributed by atoms with Gasteiger partial charge in [0.1, 0.15) is 0 Å². The van der Waals surface area contributed by atoms with Crippen molar-refractivity contribution in [3.8, 4) is 0 Å². The molecule has 2 atom stereocenters. The quantitative estimate of drug-likeness (QED) is 0.882. The zero-order valence-corrected chi connectivity index (χ0v) is 11.9. The third kappa shape index (κ3) is 2.65. The second-order valence-electron chi connectivity index (χ2n) is 5.77. The molecule has 1 fully saturated rings. The number of piperidine rings is 1. The van der Waals surface area contributed by atoms with Crippen molar-refractivity contribution < 1.29 is 14.7 Å². The molecule has 3 rings (SSSR count). The van der Waals surface area contributed by atoms with Crippen LogP contribution in [0.25, 0.3) is 0 Å². The number of hydrogen-bond donors (Lipinski definition) is 2. The standard InChI is InChI=1S/C16H20N2O3/c19-9-7-14(20)18-8-3-4-11(10-18)15-12-5-1-2-6-13(12)17-16(15)21/h1-2,5-6,11,15,19H,3-4,7-10H2,(H,17,21). The number of carbonyl (C=O) groups excluding carboxylic acids is 2. The van der Waals surface area contributed by atoms with Crippen LogP contribution in [0, 0.1) is 5.92 Å². The Labute approximate surface area is 123 Å². The van der Waals surface area contributed by atoms with Crippen LogP contribution in [0.3, 0.4) is 0 Å². The van der Waals surface area contributed by atoms with E-state index in [2.05, 4.69) is 5.32 Å². The number of aliphatic hydroxyl groups excluding tert-OH is 1. The normalized spacial score (nSPS) is 24.6. The average molecular weight is 288 g/mol. The predicted octanol–water partition coefficient (Wildman–Crippen LogP) is 1.34. The molecule has 5 heteroatoms. The number of nitrogens with zero attached hydrogens (tertiary/aromatic N) is 1. The maximum Gasteiger partial charge on any atom is 0.232 e. The van der Waals surface area contributed by atoms with Crippen molar-refractivity contribution in [2.45, 2.75) is 25.2 Å². The molecule has 2 aliphatic heterocycles. The van der Waals surface area contributed by atoms with Gasteiger partial charge in [0.25, 0.3) is 0 Å². The summed E-state index contributed by atoms with van der Waals surface area (Å²) in [5, 5.41) is 11.8. The first kappa shape index (κ1) is 14.1. The Hall–Kier alpha value is -1.88. The Morgan fingerprint density at radius 1 is 1.38 bits per heavy atom. The molecule has 1 saturated heterocycles. The van der Waals surface area contributed by atoms with E-state index in [-0.39, 0.29) is 36.7 Å². The monoisotopic (exact) mass is 288 g/mol. The largest absolute Gasteiger partial charge is 0.396 e. The van der Waals surface area contributed by atoms with Gasteiger partial charge >= 0.3 is 0 Å². The van der Waals surface area contributed by atoms with Crippen molar-refractivity contribution in [1.82, 2.24) is 4.90 Å². The van der Waals surface area contributed by atoms with Crippen LogP contribution in [-0.2, 0) is 9.59 Å². The summed E-state index contributed by atoms with van der Waals surface area (Å²) in [5.41, 5.74) is 1.94. The number of likely N-dealkylation sites (tertiary alicyclic amines) is 1. The highest BCUT2D eigenvalue weighted by Crippen LogP contribution is 2.40. The van der Waals surface area contributed by atoms with Gasteiger partial charge in [-0.05, 0) is 30.4 Å². The molecule has 0 spiro atoms. The Balaban J connectivity index is 1.77. The van der Waals surface area contributed by atoms with E-state index in [4.69, 9.17) is 5.11 Å². The third-order valence-corrected chi connectivity index (χ3v) is 4.44. The summed E-state index contributed by atoms with van der Waals surface area (Å²) in [6.45, 7) is 1.21. The molecule has 2 unspecified atom stereocenters. The van der Waals surface area contributed by atoms with Crippen LogP contribution in [0.5, 0.6) is 0 Å². The molecule has 0 aromatic heterocycles. The van der Waals surface area contributed by atoms with Gasteiger partial charge < -0.3 is 15.3 Å². The van der Waals surface area contributed by atoms with Crippen molar-refractivity contribution in [2.24, 2.45) is 5.92 Å². The van der Waals surface area contributed by atoms with E-state index in [1.165, 1.54) is 0 Å². The molecule has 2 N–H and O–H groups in total. The lowest BCUT2D eigenvalue weighted by atomic mass is 9.81. The molecular weight excluding hydrogens is 268 g/mol. The molecule has 2 aliphatic rings. The van der Waals surface area contributed by atoms with Gasteiger partial charge in [0, 0.05) is 25.2 Å². The van der Waals surface area contributed by atoms with Crippen LogP contribution in [0.2, 0.25) is 0 Å². The Morgan fingerprint density at radius 2 is 2.19 bits per heavy atom. The first-order chi connectivity index (χ1) is 10.2. The molecule has 112 valence electrons. The number of anilines is 1. The smallest absolute Gasteiger partial charge is 0.232 e. The molecule has 0 radical (unpaired) electrons. The van der Waals surface area contributed by atoms with E-state index in [9.17, 15) is 9.59 Å². The molecule has 0 aliphatic carbocycles. The van der Waals surface area contributed by atoms with Crippen LogP contribution in [-0.4, -0.2) is 41.5 Å². The summed E-state index contributed by atoms with van der Waals surface area (Å²) in [5.74, 6) is 0.0162.